The zero-order valence-corrected chi connectivity index (χ0v) is 9.25. The maximum absolute atomic E-state index is 11.8. The molecule has 15 heavy (non-hydrogen) atoms. The van der Waals surface area contributed by atoms with Crippen molar-refractivity contribution < 1.29 is 4.79 Å². The second kappa shape index (κ2) is 4.36. The Morgan fingerprint density at radius 1 is 1.40 bits per heavy atom. The fraction of sp³-hybridized carbons (Fsp3) is 0.167. The van der Waals surface area contributed by atoms with Crippen LogP contribution >= 0.6 is 11.3 Å². The molecule has 0 saturated carbocycles. The third-order valence-electron chi connectivity index (χ3n) is 2.18. The van der Waals surface area contributed by atoms with Crippen molar-refractivity contribution in [3.63, 3.8) is 0 Å². The molecule has 0 aliphatic carbocycles. The lowest BCUT2D eigenvalue weighted by Gasteiger charge is -1.99. The van der Waals surface area contributed by atoms with Crippen LogP contribution in [0.1, 0.15) is 21.6 Å². The van der Waals surface area contributed by atoms with Gasteiger partial charge in [-0.05, 0) is 41.4 Å². The Kier molecular flexibility index (Phi) is 2.92. The van der Waals surface area contributed by atoms with Crippen molar-refractivity contribution in [2.45, 2.75) is 13.3 Å². The second-order valence-corrected chi connectivity index (χ2v) is 4.20. The summed E-state index contributed by atoms with van der Waals surface area (Å²) in [5.41, 5.74) is 2.69. The molecule has 0 spiro atoms. The zero-order chi connectivity index (χ0) is 10.7. The summed E-state index contributed by atoms with van der Waals surface area (Å²) in [5.74, 6) is 0.126. The van der Waals surface area contributed by atoms with Gasteiger partial charge in [-0.25, -0.2) is 0 Å². The topological polar surface area (TPSA) is 30.0 Å². The maximum Gasteiger partial charge on any atom is 0.168 e. The summed E-state index contributed by atoms with van der Waals surface area (Å²) in [6.45, 7) is 1.91. The number of hydrogen-bond donors (Lipinski definition) is 0. The van der Waals surface area contributed by atoms with Gasteiger partial charge in [0.05, 0.1) is 0 Å². The van der Waals surface area contributed by atoms with E-state index in [1.165, 1.54) is 0 Å². The lowest BCUT2D eigenvalue weighted by molar-refractivity contribution is 0.0993. The first-order valence-electron chi connectivity index (χ1n) is 4.72. The van der Waals surface area contributed by atoms with Crippen LogP contribution in [0, 0.1) is 6.92 Å². The lowest BCUT2D eigenvalue weighted by atomic mass is 10.1. The number of aryl methyl sites for hydroxylation is 1. The molecular weight excluding hydrogens is 206 g/mol. The molecule has 2 aromatic rings. The van der Waals surface area contributed by atoms with Crippen LogP contribution < -0.4 is 0 Å². The molecular formula is C12H11NOS. The van der Waals surface area contributed by atoms with Crippen LogP contribution in [0.4, 0.5) is 0 Å². The van der Waals surface area contributed by atoms with Crippen molar-refractivity contribution in [3.8, 4) is 0 Å². The minimum atomic E-state index is 0.126. The molecule has 0 amide bonds. The van der Waals surface area contributed by atoms with E-state index in [1.807, 2.05) is 35.9 Å². The molecule has 0 radical (unpaired) electrons. The molecule has 3 heteroatoms. The minimum Gasteiger partial charge on any atom is -0.294 e. The van der Waals surface area contributed by atoms with Gasteiger partial charge in [0.1, 0.15) is 0 Å². The normalized spacial score (nSPS) is 10.2. The molecule has 0 N–H and O–H groups in total. The number of ketones is 1. The number of carbonyl (C=O) groups excluding carboxylic acids is 1. The van der Waals surface area contributed by atoms with Crippen molar-refractivity contribution >= 4 is 17.1 Å². The van der Waals surface area contributed by atoms with E-state index in [0.29, 0.717) is 12.0 Å². The Morgan fingerprint density at radius 3 is 2.87 bits per heavy atom. The van der Waals surface area contributed by atoms with Gasteiger partial charge in [0.2, 0.25) is 0 Å². The van der Waals surface area contributed by atoms with E-state index < -0.39 is 0 Å². The quantitative estimate of drug-likeness (QED) is 0.740. The Bertz CT molecular complexity index is 445. The molecule has 76 valence electrons. The molecule has 0 aromatic carbocycles. The van der Waals surface area contributed by atoms with Gasteiger partial charge < -0.3 is 0 Å². The molecule has 2 aromatic heterocycles. The summed E-state index contributed by atoms with van der Waals surface area (Å²) in [6, 6.07) is 5.67. The van der Waals surface area contributed by atoms with Crippen LogP contribution in [0.25, 0.3) is 0 Å². The highest BCUT2D eigenvalue weighted by atomic mass is 32.1. The standard InChI is InChI=1S/C12H11NOS/c1-9-2-3-11(7-13-9)12(14)6-10-4-5-15-8-10/h2-5,7-8H,6H2,1H3. The fourth-order valence-electron chi connectivity index (χ4n) is 1.31. The number of rotatable bonds is 3. The first kappa shape index (κ1) is 10.1. The van der Waals surface area contributed by atoms with Gasteiger partial charge in [-0.1, -0.05) is 0 Å². The van der Waals surface area contributed by atoms with Gasteiger partial charge in [0.15, 0.2) is 5.78 Å². The molecule has 0 bridgehead atoms. The van der Waals surface area contributed by atoms with Crippen molar-refractivity contribution in [3.05, 3.63) is 52.0 Å². The number of nitrogens with zero attached hydrogens (tertiary/aromatic N) is 1. The summed E-state index contributed by atoms with van der Waals surface area (Å²) in [4.78, 5) is 15.9. The van der Waals surface area contributed by atoms with Gasteiger partial charge >= 0.3 is 0 Å². The summed E-state index contributed by atoms with van der Waals surface area (Å²) in [6.07, 6.45) is 2.11. The lowest BCUT2D eigenvalue weighted by Crippen LogP contribution is -2.03. The first-order valence-corrected chi connectivity index (χ1v) is 5.67. The minimum absolute atomic E-state index is 0.126. The number of carbonyl (C=O) groups is 1. The SMILES string of the molecule is Cc1ccc(C(=O)Cc2ccsc2)cn1. The summed E-state index contributed by atoms with van der Waals surface area (Å²) >= 11 is 1.61. The van der Waals surface area contributed by atoms with Crippen molar-refractivity contribution in [2.75, 3.05) is 0 Å². The number of aromatic nitrogens is 1. The van der Waals surface area contributed by atoms with Gasteiger partial charge in [-0.3, -0.25) is 9.78 Å². The van der Waals surface area contributed by atoms with Crippen LogP contribution in [-0.2, 0) is 6.42 Å². The van der Waals surface area contributed by atoms with Crippen molar-refractivity contribution in [2.24, 2.45) is 0 Å². The number of thiophene rings is 1. The Balaban J connectivity index is 2.11. The Morgan fingerprint density at radius 2 is 2.27 bits per heavy atom. The average Bonchev–Trinajstić information content (AvgIpc) is 2.71. The Labute approximate surface area is 92.6 Å². The third kappa shape index (κ3) is 2.50. The predicted molar refractivity (Wildman–Crippen MR) is 61.3 cm³/mol. The van der Waals surface area contributed by atoms with Crippen molar-refractivity contribution in [1.82, 2.24) is 4.98 Å². The van der Waals surface area contributed by atoms with E-state index >= 15 is 0 Å². The van der Waals surface area contributed by atoms with Gasteiger partial charge in [-0.15, -0.1) is 0 Å². The summed E-state index contributed by atoms with van der Waals surface area (Å²) < 4.78 is 0. The van der Waals surface area contributed by atoms with Gasteiger partial charge in [-0.2, -0.15) is 11.3 Å². The monoisotopic (exact) mass is 217 g/mol. The Hall–Kier alpha value is -1.48. The molecule has 2 heterocycles. The highest BCUT2D eigenvalue weighted by molar-refractivity contribution is 7.08. The first-order chi connectivity index (χ1) is 7.25. The molecule has 0 atom stereocenters. The van der Waals surface area contributed by atoms with E-state index in [0.717, 1.165) is 11.3 Å². The molecule has 0 aliphatic heterocycles. The average molecular weight is 217 g/mol. The van der Waals surface area contributed by atoms with Crippen LogP contribution in [0.2, 0.25) is 0 Å². The number of Topliss-reactive ketones (excluding diaryl/α,β-unsaturated/α-hetero) is 1. The fourth-order valence-corrected chi connectivity index (χ4v) is 1.98. The molecule has 0 fully saturated rings. The molecule has 0 unspecified atom stereocenters. The smallest absolute Gasteiger partial charge is 0.168 e. The van der Waals surface area contributed by atoms with Gasteiger partial charge in [0, 0.05) is 23.9 Å². The maximum atomic E-state index is 11.8. The molecule has 0 aliphatic rings. The highest BCUT2D eigenvalue weighted by Gasteiger charge is 2.07. The van der Waals surface area contributed by atoms with Crippen LogP contribution in [0.5, 0.6) is 0 Å². The second-order valence-electron chi connectivity index (χ2n) is 3.42. The third-order valence-corrected chi connectivity index (χ3v) is 2.91. The largest absolute Gasteiger partial charge is 0.294 e. The molecule has 2 nitrogen and oxygen atoms in total. The van der Waals surface area contributed by atoms with E-state index in [1.54, 1.807) is 17.5 Å². The van der Waals surface area contributed by atoms with Crippen molar-refractivity contribution in [1.29, 1.82) is 0 Å². The summed E-state index contributed by atoms with van der Waals surface area (Å²) in [5, 5.41) is 3.98. The van der Waals surface area contributed by atoms with E-state index in [-0.39, 0.29) is 5.78 Å². The van der Waals surface area contributed by atoms with E-state index in [4.69, 9.17) is 0 Å². The van der Waals surface area contributed by atoms with E-state index in [9.17, 15) is 4.79 Å². The molecule has 2 rings (SSSR count). The van der Waals surface area contributed by atoms with E-state index in [2.05, 4.69) is 4.98 Å². The van der Waals surface area contributed by atoms with Gasteiger partial charge in [0.25, 0.3) is 0 Å². The van der Waals surface area contributed by atoms with Crippen LogP contribution in [-0.4, -0.2) is 10.8 Å². The number of pyridine rings is 1. The molecule has 0 saturated heterocycles. The summed E-state index contributed by atoms with van der Waals surface area (Å²) in [7, 11) is 0. The number of hydrogen-bond acceptors (Lipinski definition) is 3. The highest BCUT2D eigenvalue weighted by Crippen LogP contribution is 2.10. The zero-order valence-electron chi connectivity index (χ0n) is 8.43. The van der Waals surface area contributed by atoms with Crippen LogP contribution in [0.15, 0.2) is 35.2 Å². The predicted octanol–water partition coefficient (Wildman–Crippen LogP) is 2.88. The van der Waals surface area contributed by atoms with Crippen LogP contribution in [0.3, 0.4) is 0 Å².